The fourth-order valence-corrected chi connectivity index (χ4v) is 6.38. The van der Waals surface area contributed by atoms with Crippen molar-refractivity contribution in [3.05, 3.63) is 23.0 Å². The van der Waals surface area contributed by atoms with Crippen LogP contribution in [-0.2, 0) is 21.8 Å². The molecular formula is C16H25NO3S. The first-order valence-corrected chi connectivity index (χ1v) is 9.45. The van der Waals surface area contributed by atoms with Crippen LogP contribution in [-0.4, -0.2) is 29.6 Å². The van der Waals surface area contributed by atoms with Crippen molar-refractivity contribution < 1.29 is 13.5 Å². The molecule has 5 heteroatoms. The van der Waals surface area contributed by atoms with Gasteiger partial charge in [-0.1, -0.05) is 13.8 Å². The Morgan fingerprint density at radius 1 is 1.33 bits per heavy atom. The number of hydrogen-bond donors (Lipinski definition) is 1. The number of aromatic nitrogens is 1. The van der Waals surface area contributed by atoms with Gasteiger partial charge < -0.3 is 9.67 Å². The zero-order valence-electron chi connectivity index (χ0n) is 13.3. The highest BCUT2D eigenvalue weighted by atomic mass is 32.2. The molecule has 2 heterocycles. The lowest BCUT2D eigenvalue weighted by molar-refractivity contribution is 0.0963. The third-order valence-corrected chi connectivity index (χ3v) is 6.98. The zero-order valence-corrected chi connectivity index (χ0v) is 14.1. The minimum atomic E-state index is -2.95. The Labute approximate surface area is 127 Å². The molecule has 1 aliphatic heterocycles. The lowest BCUT2D eigenvalue weighted by Gasteiger charge is -2.37. The van der Waals surface area contributed by atoms with E-state index < -0.39 is 15.9 Å². The summed E-state index contributed by atoms with van der Waals surface area (Å²) >= 11 is 0. The van der Waals surface area contributed by atoms with E-state index in [4.69, 9.17) is 0 Å². The van der Waals surface area contributed by atoms with Crippen molar-refractivity contribution in [2.75, 3.05) is 11.5 Å². The second-order valence-electron chi connectivity index (χ2n) is 7.92. The number of fused-ring (bicyclic) bond motifs is 1. The second-order valence-corrected chi connectivity index (χ2v) is 10.1. The van der Waals surface area contributed by atoms with Crippen molar-refractivity contribution in [1.82, 2.24) is 4.57 Å². The van der Waals surface area contributed by atoms with E-state index in [1.54, 1.807) is 0 Å². The van der Waals surface area contributed by atoms with Crippen molar-refractivity contribution >= 4 is 9.84 Å². The maximum Gasteiger partial charge on any atom is 0.152 e. The monoisotopic (exact) mass is 311 g/mol. The Kier molecular flexibility index (Phi) is 3.13. The molecule has 0 bridgehead atoms. The molecule has 0 amide bonds. The van der Waals surface area contributed by atoms with Gasteiger partial charge in [-0.3, -0.25) is 0 Å². The first-order chi connectivity index (χ1) is 9.53. The largest absolute Gasteiger partial charge is 0.388 e. The average molecular weight is 311 g/mol. The number of rotatable bonds is 1. The molecule has 4 nitrogen and oxygen atoms in total. The van der Waals surface area contributed by atoms with Gasteiger partial charge in [0.05, 0.1) is 23.1 Å². The maximum atomic E-state index is 11.9. The quantitative estimate of drug-likeness (QED) is 0.866. The van der Waals surface area contributed by atoms with Crippen molar-refractivity contribution in [1.29, 1.82) is 0 Å². The minimum Gasteiger partial charge on any atom is -0.388 e. The highest BCUT2D eigenvalue weighted by Crippen LogP contribution is 2.45. The summed E-state index contributed by atoms with van der Waals surface area (Å²) in [5, 5.41) is 10.4. The number of aryl methyl sites for hydroxylation is 1. The molecule has 1 fully saturated rings. The van der Waals surface area contributed by atoms with Gasteiger partial charge >= 0.3 is 0 Å². The third-order valence-electron chi connectivity index (χ3n) is 5.09. The summed E-state index contributed by atoms with van der Waals surface area (Å²) in [6.45, 7) is 8.40. The number of aliphatic hydroxyl groups excluding tert-OH is 1. The Bertz CT molecular complexity index is 687. The second kappa shape index (κ2) is 4.35. The van der Waals surface area contributed by atoms with E-state index in [9.17, 15) is 13.5 Å². The van der Waals surface area contributed by atoms with Gasteiger partial charge in [0.2, 0.25) is 0 Å². The van der Waals surface area contributed by atoms with Crippen LogP contribution in [0.3, 0.4) is 0 Å². The Morgan fingerprint density at radius 2 is 2.00 bits per heavy atom. The van der Waals surface area contributed by atoms with Gasteiger partial charge in [0.25, 0.3) is 0 Å². The van der Waals surface area contributed by atoms with E-state index in [0.717, 1.165) is 29.8 Å². The molecule has 1 saturated heterocycles. The van der Waals surface area contributed by atoms with Gasteiger partial charge in [0.1, 0.15) is 0 Å². The SMILES string of the molecule is Cc1cc2c(n1C1(C)CCS(=O)(=O)C1)CC(C)(C)CC2O. The molecular weight excluding hydrogens is 286 g/mol. The number of sulfone groups is 1. The number of nitrogens with zero attached hydrogens (tertiary/aromatic N) is 1. The van der Waals surface area contributed by atoms with Crippen LogP contribution in [0, 0.1) is 12.3 Å². The van der Waals surface area contributed by atoms with Crippen LogP contribution in [0.5, 0.6) is 0 Å². The Hall–Kier alpha value is -0.810. The summed E-state index contributed by atoms with van der Waals surface area (Å²) in [7, 11) is -2.95. The fraction of sp³-hybridized carbons (Fsp3) is 0.750. The van der Waals surface area contributed by atoms with Crippen LogP contribution in [0.15, 0.2) is 6.07 Å². The molecule has 1 aliphatic carbocycles. The highest BCUT2D eigenvalue weighted by molar-refractivity contribution is 7.91. The summed E-state index contributed by atoms with van der Waals surface area (Å²) in [4.78, 5) is 0. The van der Waals surface area contributed by atoms with E-state index in [-0.39, 0.29) is 22.5 Å². The predicted octanol–water partition coefficient (Wildman–Crippen LogP) is 2.34. The van der Waals surface area contributed by atoms with E-state index in [1.807, 2.05) is 19.9 Å². The molecule has 0 aromatic carbocycles. The maximum absolute atomic E-state index is 11.9. The van der Waals surface area contributed by atoms with Gasteiger partial charge in [0, 0.05) is 17.0 Å². The summed E-state index contributed by atoms with van der Waals surface area (Å²) in [5.74, 6) is 0.473. The van der Waals surface area contributed by atoms with Gasteiger partial charge in [-0.05, 0) is 44.6 Å². The summed E-state index contributed by atoms with van der Waals surface area (Å²) in [6.07, 6.45) is 1.88. The van der Waals surface area contributed by atoms with Crippen LogP contribution in [0.4, 0.5) is 0 Å². The first-order valence-electron chi connectivity index (χ1n) is 7.63. The normalized spacial score (nSPS) is 33.9. The molecule has 1 N–H and O–H groups in total. The fourth-order valence-electron chi connectivity index (χ4n) is 4.26. The van der Waals surface area contributed by atoms with E-state index in [1.165, 1.54) is 0 Å². The van der Waals surface area contributed by atoms with Crippen LogP contribution in [0.25, 0.3) is 0 Å². The molecule has 0 spiro atoms. The van der Waals surface area contributed by atoms with Gasteiger partial charge in [-0.25, -0.2) is 8.42 Å². The van der Waals surface area contributed by atoms with Crippen LogP contribution in [0.1, 0.15) is 56.7 Å². The summed E-state index contributed by atoms with van der Waals surface area (Å²) in [6, 6.07) is 2.05. The molecule has 0 radical (unpaired) electrons. The topological polar surface area (TPSA) is 59.3 Å². The Morgan fingerprint density at radius 3 is 2.57 bits per heavy atom. The highest BCUT2D eigenvalue weighted by Gasteiger charge is 2.44. The third kappa shape index (κ3) is 2.44. The molecule has 2 aliphatic rings. The number of hydrogen-bond acceptors (Lipinski definition) is 3. The molecule has 118 valence electrons. The molecule has 2 atom stereocenters. The van der Waals surface area contributed by atoms with Gasteiger partial charge in [0.15, 0.2) is 9.84 Å². The minimum absolute atomic E-state index is 0.0444. The van der Waals surface area contributed by atoms with Crippen LogP contribution in [0.2, 0.25) is 0 Å². The summed E-state index contributed by atoms with van der Waals surface area (Å²) in [5.41, 5.74) is 2.87. The smallest absolute Gasteiger partial charge is 0.152 e. The lowest BCUT2D eigenvalue weighted by atomic mass is 9.75. The average Bonchev–Trinajstić information content (AvgIpc) is 2.75. The standard InChI is InChI=1S/C16H25NO3S/c1-11-7-12-13(8-15(2,3)9-14(12)18)17(11)16(4)5-6-21(19,20)10-16/h7,14,18H,5-6,8-10H2,1-4H3. The van der Waals surface area contributed by atoms with E-state index in [2.05, 4.69) is 18.4 Å². The predicted molar refractivity (Wildman–Crippen MR) is 83.1 cm³/mol. The van der Waals surface area contributed by atoms with Crippen molar-refractivity contribution in [2.45, 2.75) is 58.6 Å². The Balaban J connectivity index is 2.14. The molecule has 1 aromatic rings. The molecule has 21 heavy (non-hydrogen) atoms. The van der Waals surface area contributed by atoms with E-state index >= 15 is 0 Å². The first kappa shape index (κ1) is 15.1. The molecule has 0 saturated carbocycles. The van der Waals surface area contributed by atoms with Gasteiger partial charge in [-0.2, -0.15) is 0 Å². The van der Waals surface area contributed by atoms with E-state index in [0.29, 0.717) is 6.42 Å². The molecule has 2 unspecified atom stereocenters. The van der Waals surface area contributed by atoms with Gasteiger partial charge in [-0.15, -0.1) is 0 Å². The summed E-state index contributed by atoms with van der Waals surface area (Å²) < 4.78 is 26.1. The van der Waals surface area contributed by atoms with Crippen LogP contribution >= 0.6 is 0 Å². The molecule has 1 aromatic heterocycles. The zero-order chi connectivity index (χ0) is 15.6. The lowest BCUT2D eigenvalue weighted by Crippen LogP contribution is -2.36. The number of aliphatic hydroxyl groups is 1. The van der Waals surface area contributed by atoms with Crippen molar-refractivity contribution in [2.24, 2.45) is 5.41 Å². The van der Waals surface area contributed by atoms with Crippen molar-refractivity contribution in [3.8, 4) is 0 Å². The molecule has 3 rings (SSSR count). The van der Waals surface area contributed by atoms with Crippen LogP contribution < -0.4 is 0 Å². The van der Waals surface area contributed by atoms with Crippen molar-refractivity contribution in [3.63, 3.8) is 0 Å².